The number of halogens is 1. The van der Waals surface area contributed by atoms with Crippen LogP contribution in [-0.4, -0.2) is 107 Å². The van der Waals surface area contributed by atoms with Gasteiger partial charge in [0.15, 0.2) is 11.6 Å². The van der Waals surface area contributed by atoms with E-state index >= 15 is 0 Å². The summed E-state index contributed by atoms with van der Waals surface area (Å²) in [5.41, 5.74) is 3.22. The van der Waals surface area contributed by atoms with Crippen LogP contribution in [0.5, 0.6) is 0 Å². The summed E-state index contributed by atoms with van der Waals surface area (Å²) in [7, 11) is 0. The first-order valence-corrected chi connectivity index (χ1v) is 15.5. The number of carbonyl (C=O) groups is 2. The van der Waals surface area contributed by atoms with Gasteiger partial charge in [0, 0.05) is 86.4 Å². The van der Waals surface area contributed by atoms with Crippen molar-refractivity contribution in [2.75, 3.05) is 65.4 Å². The Bertz CT molecular complexity index is 1010. The molecule has 242 valence electrons. The van der Waals surface area contributed by atoms with Crippen LogP contribution in [0.1, 0.15) is 55.4 Å². The minimum absolute atomic E-state index is 0. The summed E-state index contributed by atoms with van der Waals surface area (Å²) in [6, 6.07) is 0. The molecule has 0 aromatic rings. The second-order valence-electron chi connectivity index (χ2n) is 12.4. The van der Waals surface area contributed by atoms with Crippen molar-refractivity contribution >= 4 is 31.4 Å². The van der Waals surface area contributed by atoms with Crippen LogP contribution in [-0.2, 0) is 9.59 Å². The molecule has 0 saturated carbocycles. The summed E-state index contributed by atoms with van der Waals surface area (Å²) in [4.78, 5) is 29.4. The van der Waals surface area contributed by atoms with Gasteiger partial charge in [0.1, 0.15) is 0 Å². The van der Waals surface area contributed by atoms with E-state index < -0.39 is 0 Å². The maximum absolute atomic E-state index is 12.5. The van der Waals surface area contributed by atoms with E-state index in [0.717, 1.165) is 63.8 Å². The van der Waals surface area contributed by atoms with Crippen LogP contribution in [0.2, 0.25) is 0 Å². The van der Waals surface area contributed by atoms with Crippen molar-refractivity contribution in [1.29, 1.82) is 0 Å². The molecule has 0 bridgehead atoms. The van der Waals surface area contributed by atoms with Gasteiger partial charge in [0.05, 0.1) is 0 Å². The smallest absolute Gasteiger partial charge is 1.00 e. The van der Waals surface area contributed by atoms with Crippen LogP contribution in [0.3, 0.4) is 0 Å². The molecule has 0 spiro atoms. The fraction of sp³-hybridized carbons (Fsp3) is 0.588. The summed E-state index contributed by atoms with van der Waals surface area (Å²) in [6.45, 7) is 24.9. The van der Waals surface area contributed by atoms with Crippen LogP contribution < -0.4 is 34.6 Å². The molecule has 2 aliphatic carbocycles. The van der Waals surface area contributed by atoms with Crippen LogP contribution in [0.4, 0.5) is 0 Å². The average molecular weight is 773 g/mol. The monoisotopic (exact) mass is 772 g/mol. The predicted molar refractivity (Wildman–Crippen MR) is 182 cm³/mol. The Hall–Kier alpha value is -1.73. The molecule has 0 saturated heterocycles. The Morgan fingerprint density at radius 2 is 1.00 bits per heavy atom. The van der Waals surface area contributed by atoms with Gasteiger partial charge in [-0.1, -0.05) is 27.7 Å². The van der Waals surface area contributed by atoms with Gasteiger partial charge in [0.2, 0.25) is 0 Å². The first-order valence-electron chi connectivity index (χ1n) is 15.5. The number of carbonyl (C=O) groups excluding carboxylic acids is 2. The first-order chi connectivity index (χ1) is 19.9. The molecular formula is C34H54GaIN6O2. The van der Waals surface area contributed by atoms with Crippen molar-refractivity contribution in [3.63, 3.8) is 0 Å². The molecule has 0 aromatic heterocycles. The summed E-state index contributed by atoms with van der Waals surface area (Å²) >= 11 is 0. The third-order valence-electron chi connectivity index (χ3n) is 7.42. The number of nitrogens with one attached hydrogen (secondary N) is 2. The van der Waals surface area contributed by atoms with Crippen molar-refractivity contribution in [2.45, 2.75) is 55.4 Å². The molecule has 10 heteroatoms. The van der Waals surface area contributed by atoms with Crippen molar-refractivity contribution in [2.24, 2.45) is 10.8 Å². The topological polar surface area (TPSA) is 92.9 Å². The van der Waals surface area contributed by atoms with E-state index in [2.05, 4.69) is 75.8 Å². The molecule has 0 amide bonds. The van der Waals surface area contributed by atoms with E-state index in [1.54, 1.807) is 12.2 Å². The molecule has 0 radical (unpaired) electrons. The van der Waals surface area contributed by atoms with Crippen molar-refractivity contribution in [1.82, 2.24) is 20.4 Å². The van der Waals surface area contributed by atoms with Crippen LogP contribution >= 0.6 is 0 Å². The molecule has 0 fully saturated rings. The van der Waals surface area contributed by atoms with Gasteiger partial charge < -0.3 is 55.0 Å². The quantitative estimate of drug-likeness (QED) is 0.0906. The van der Waals surface area contributed by atoms with Gasteiger partial charge >= 0.3 is 19.8 Å². The zero-order valence-corrected chi connectivity index (χ0v) is 32.8. The van der Waals surface area contributed by atoms with E-state index in [0.29, 0.717) is 24.2 Å². The Balaban J connectivity index is 0.00000924. The number of ketones is 2. The average Bonchev–Trinajstić information content (AvgIpc) is 2.94. The molecule has 2 rings (SSSR count). The Morgan fingerprint density at radius 3 is 1.30 bits per heavy atom. The fourth-order valence-corrected chi connectivity index (χ4v) is 4.75. The van der Waals surface area contributed by atoms with E-state index in [9.17, 15) is 9.59 Å². The summed E-state index contributed by atoms with van der Waals surface area (Å²) in [5.74, 6) is 0.0680. The van der Waals surface area contributed by atoms with Gasteiger partial charge in [0.25, 0.3) is 0 Å². The number of likely N-dealkylation sites (N-methyl/N-ethyl adjacent to an activating group) is 2. The largest absolute Gasteiger partial charge is 3.00 e. The third kappa shape index (κ3) is 14.6. The van der Waals surface area contributed by atoms with E-state index in [1.165, 1.54) is 0 Å². The fourth-order valence-electron chi connectivity index (χ4n) is 4.75. The standard InChI is InChI=1S/C34H54N6O2.Ga.HI/c1-9-39(10-2)29-15-13-27(31(41)19-29)21-37-25-33(5,6)23-35-17-18-36-24-34(7,8)26-38-22-28-14-16-30(20-32(28)42)40(11-3)12-4;;/h13-16,19-22,37-38H,9-12,17-18,23-26H2,1-8H3;;1H/q-2;+3;/p-1/b27-21-,28-22+;;/i;1-3;. The SMILES string of the molecule is CCN(CC)C1=CC(=O)/C(=C\NCC(C)(C)C[N-]CC[N-]CC(C)(C)CN/C=C2\C=CC(N(CC)CC)=CC2=O)C=C1.[67Ga+3].[I-]. The van der Waals surface area contributed by atoms with Gasteiger partial charge in [-0.25, -0.2) is 0 Å². The predicted octanol–water partition coefficient (Wildman–Crippen LogP) is 2.09. The van der Waals surface area contributed by atoms with Gasteiger partial charge in [-0.2, -0.15) is 13.1 Å². The molecule has 0 aliphatic heterocycles. The zero-order chi connectivity index (χ0) is 31.2. The van der Waals surface area contributed by atoms with Crippen molar-refractivity contribution in [3.8, 4) is 0 Å². The van der Waals surface area contributed by atoms with Crippen molar-refractivity contribution < 1.29 is 33.6 Å². The number of nitrogens with zero attached hydrogens (tertiary/aromatic N) is 4. The number of hydrogen-bond acceptors (Lipinski definition) is 6. The molecule has 8 nitrogen and oxygen atoms in total. The van der Waals surface area contributed by atoms with E-state index in [4.69, 9.17) is 10.6 Å². The summed E-state index contributed by atoms with van der Waals surface area (Å²) < 4.78 is 0. The Kier molecular flexibility index (Phi) is 20.3. The zero-order valence-electron chi connectivity index (χ0n) is 28.3. The van der Waals surface area contributed by atoms with Gasteiger partial charge in [-0.3, -0.25) is 9.59 Å². The number of allylic oxidation sites excluding steroid dienone is 8. The second-order valence-corrected chi connectivity index (χ2v) is 12.4. The maximum atomic E-state index is 12.5. The molecular weight excluding hydrogens is 718 g/mol. The first kappa shape index (κ1) is 42.3. The van der Waals surface area contributed by atoms with Crippen molar-refractivity contribution in [3.05, 3.63) is 82.0 Å². The molecule has 2 N–H and O–H groups in total. The Morgan fingerprint density at radius 1 is 0.659 bits per heavy atom. The van der Waals surface area contributed by atoms with E-state index in [-0.39, 0.29) is 66.2 Å². The molecule has 0 heterocycles. The minimum atomic E-state index is -0.0380. The second kappa shape index (κ2) is 21.1. The van der Waals surface area contributed by atoms with E-state index in [1.807, 2.05) is 36.7 Å². The number of hydrogen-bond donors (Lipinski definition) is 2. The normalized spacial score (nSPS) is 16.7. The summed E-state index contributed by atoms with van der Waals surface area (Å²) in [6.07, 6.45) is 14.9. The molecule has 0 unspecified atom stereocenters. The minimum Gasteiger partial charge on any atom is -1.00 e. The van der Waals surface area contributed by atoms with Crippen LogP contribution in [0.25, 0.3) is 10.6 Å². The molecule has 44 heavy (non-hydrogen) atoms. The Labute approximate surface area is 297 Å². The van der Waals surface area contributed by atoms with Gasteiger partial charge in [-0.05, 0) is 62.8 Å². The van der Waals surface area contributed by atoms with Crippen LogP contribution in [0, 0.1) is 10.8 Å². The van der Waals surface area contributed by atoms with Crippen LogP contribution in [0.15, 0.2) is 71.4 Å². The maximum Gasteiger partial charge on any atom is 3.00 e. The molecule has 0 aromatic carbocycles. The summed E-state index contributed by atoms with van der Waals surface area (Å²) in [5, 5.41) is 16.1. The molecule has 2 aliphatic rings. The number of rotatable bonds is 19. The van der Waals surface area contributed by atoms with Gasteiger partial charge in [-0.15, -0.1) is 13.1 Å². The third-order valence-corrected chi connectivity index (χ3v) is 7.42. The molecule has 0 atom stereocenters.